The largest absolute Gasteiger partial charge is 0.573 e. The third-order valence-corrected chi connectivity index (χ3v) is 11.0. The summed E-state index contributed by atoms with van der Waals surface area (Å²) in [6.45, 7) is 8.07. The van der Waals surface area contributed by atoms with Crippen LogP contribution in [0.4, 0.5) is 24.5 Å². The van der Waals surface area contributed by atoms with Crippen molar-refractivity contribution in [1.29, 1.82) is 0 Å². The number of carbonyl (C=O) groups is 4. The van der Waals surface area contributed by atoms with E-state index in [1.807, 2.05) is 26.0 Å². The van der Waals surface area contributed by atoms with Crippen LogP contribution >= 0.6 is 23.2 Å². The Labute approximate surface area is 356 Å². The zero-order valence-corrected chi connectivity index (χ0v) is 34.1. The maximum Gasteiger partial charge on any atom is 0.573 e. The molecule has 13 nitrogen and oxygen atoms in total. The van der Waals surface area contributed by atoms with Crippen LogP contribution in [0.5, 0.6) is 5.75 Å². The van der Waals surface area contributed by atoms with Crippen LogP contribution in [0.1, 0.15) is 53.0 Å². The molecule has 8 rings (SSSR count). The second kappa shape index (κ2) is 17.3. The third-order valence-electron chi connectivity index (χ3n) is 10.5. The molecule has 18 heteroatoms. The van der Waals surface area contributed by atoms with Crippen molar-refractivity contribution in [3.05, 3.63) is 123 Å². The van der Waals surface area contributed by atoms with Crippen LogP contribution in [0.2, 0.25) is 10.0 Å². The van der Waals surface area contributed by atoms with Crippen LogP contribution in [-0.2, 0) is 0 Å². The highest BCUT2D eigenvalue weighted by atomic mass is 35.5. The van der Waals surface area contributed by atoms with Gasteiger partial charge in [-0.2, -0.15) is 0 Å². The molecule has 6 aromatic rings. The van der Waals surface area contributed by atoms with E-state index in [2.05, 4.69) is 14.5 Å². The summed E-state index contributed by atoms with van der Waals surface area (Å²) in [5.74, 6) is -3.34. The van der Waals surface area contributed by atoms with E-state index >= 15 is 0 Å². The number of anilines is 2. The molecule has 2 aliphatic heterocycles. The molecule has 2 amide bonds. The highest BCUT2D eigenvalue weighted by Gasteiger charge is 2.32. The Morgan fingerprint density at radius 3 is 1.48 bits per heavy atom. The summed E-state index contributed by atoms with van der Waals surface area (Å²) in [5.41, 5.74) is 5.38. The average molecular weight is 882 g/mol. The van der Waals surface area contributed by atoms with E-state index < -0.39 is 24.1 Å². The smallest absolute Gasteiger partial charge is 0.475 e. The SMILES string of the molecule is Cc1c(N2CCN(C(=O)c3cc(Cl)cc(Cl)c3)CC2)ccc2oc(C(=O)O)cc12.Cc1c(N2CCN(C(=O)c3cccc(OC(F)(F)F)c3)CC2)ccc2oc(C(=O)O)cc12. The Morgan fingerprint density at radius 1 is 0.607 bits per heavy atom. The van der Waals surface area contributed by atoms with E-state index in [9.17, 15) is 32.3 Å². The van der Waals surface area contributed by atoms with Gasteiger partial charge in [0, 0.05) is 95.7 Å². The standard InChI is InChI=1S/C22H19F3N2O5.C21H18Cl2N2O4/c1-13-16-12-19(21(29)30)31-18(16)6-5-17(13)26-7-9-27(10-8-26)20(28)14-3-2-4-15(11-14)32-22(23,24)25;1-12-16-11-19(21(27)28)29-18(16)3-2-17(12)24-4-6-25(7-5-24)20(26)13-8-14(22)10-15(23)9-13/h2-6,11-12H,7-10H2,1H3,(H,29,30);2-3,8-11H,4-7H2,1H3,(H,27,28). The number of aromatic carboxylic acids is 2. The van der Waals surface area contributed by atoms with E-state index in [1.165, 1.54) is 18.2 Å². The Bertz CT molecular complexity index is 2640. The van der Waals surface area contributed by atoms with Gasteiger partial charge in [0.2, 0.25) is 11.5 Å². The van der Waals surface area contributed by atoms with Crippen LogP contribution in [-0.4, -0.2) is 102 Å². The number of piperazine rings is 2. The summed E-state index contributed by atoms with van der Waals surface area (Å²) in [6.07, 6.45) is -4.83. The number of furan rings is 2. The number of carboxylic acids is 2. The van der Waals surface area contributed by atoms with Gasteiger partial charge in [-0.15, -0.1) is 13.2 Å². The first-order chi connectivity index (χ1) is 28.9. The Balaban J connectivity index is 0.000000185. The van der Waals surface area contributed by atoms with Gasteiger partial charge in [0.25, 0.3) is 11.8 Å². The lowest BCUT2D eigenvalue weighted by atomic mass is 10.1. The summed E-state index contributed by atoms with van der Waals surface area (Å²) < 4.78 is 51.9. The van der Waals surface area contributed by atoms with Gasteiger partial charge in [-0.1, -0.05) is 29.3 Å². The number of hydrogen-bond donors (Lipinski definition) is 2. The molecule has 2 N–H and O–H groups in total. The third kappa shape index (κ3) is 9.50. The second-order valence-electron chi connectivity index (χ2n) is 14.4. The highest BCUT2D eigenvalue weighted by molar-refractivity contribution is 6.35. The van der Waals surface area contributed by atoms with Crippen molar-refractivity contribution in [1.82, 2.24) is 9.80 Å². The van der Waals surface area contributed by atoms with Crippen molar-refractivity contribution >= 4 is 80.3 Å². The van der Waals surface area contributed by atoms with Crippen LogP contribution in [0.25, 0.3) is 21.9 Å². The van der Waals surface area contributed by atoms with Crippen molar-refractivity contribution in [2.24, 2.45) is 0 Å². The van der Waals surface area contributed by atoms with E-state index in [4.69, 9.17) is 42.2 Å². The van der Waals surface area contributed by atoms with Crippen molar-refractivity contribution in [3.63, 3.8) is 0 Å². The number of alkyl halides is 3. The molecule has 2 aliphatic rings. The van der Waals surface area contributed by atoms with Gasteiger partial charge in [0.15, 0.2) is 0 Å². The molecule has 61 heavy (non-hydrogen) atoms. The van der Waals surface area contributed by atoms with Crippen LogP contribution in [0.15, 0.2) is 87.7 Å². The van der Waals surface area contributed by atoms with Gasteiger partial charge in [0.1, 0.15) is 16.9 Å². The van der Waals surface area contributed by atoms with E-state index in [0.29, 0.717) is 84.5 Å². The molecule has 0 saturated carbocycles. The number of rotatable bonds is 7. The fraction of sp³-hybridized carbons (Fsp3) is 0.256. The summed E-state index contributed by atoms with van der Waals surface area (Å²) in [7, 11) is 0. The van der Waals surface area contributed by atoms with Crippen molar-refractivity contribution < 1.29 is 56.1 Å². The number of ether oxygens (including phenoxy) is 1. The van der Waals surface area contributed by atoms with Crippen molar-refractivity contribution in [2.75, 3.05) is 62.2 Å². The number of fused-ring (bicyclic) bond motifs is 2. The minimum absolute atomic E-state index is 0.0733. The van der Waals surface area contributed by atoms with E-state index in [-0.39, 0.29) is 28.9 Å². The zero-order valence-electron chi connectivity index (χ0n) is 32.6. The molecule has 0 unspecified atom stereocenters. The van der Waals surface area contributed by atoms with Crippen molar-refractivity contribution in [2.45, 2.75) is 20.2 Å². The lowest BCUT2D eigenvalue weighted by molar-refractivity contribution is -0.274. The quantitative estimate of drug-likeness (QED) is 0.158. The van der Waals surface area contributed by atoms with Crippen LogP contribution < -0.4 is 14.5 Å². The zero-order chi connectivity index (χ0) is 43.7. The first-order valence-corrected chi connectivity index (χ1v) is 19.6. The Morgan fingerprint density at radius 2 is 1.05 bits per heavy atom. The number of halogens is 5. The molecule has 2 fully saturated rings. The lowest BCUT2D eigenvalue weighted by Crippen LogP contribution is -2.49. The summed E-state index contributed by atoms with van der Waals surface area (Å²) in [5, 5.41) is 20.6. The maximum absolute atomic E-state index is 12.8. The topological polar surface area (TPSA) is 157 Å². The van der Waals surface area contributed by atoms with Gasteiger partial charge in [-0.3, -0.25) is 9.59 Å². The predicted octanol–water partition coefficient (Wildman–Crippen LogP) is 9.01. The van der Waals surface area contributed by atoms with Gasteiger partial charge < -0.3 is 43.4 Å². The number of benzene rings is 4. The number of amides is 2. The second-order valence-corrected chi connectivity index (χ2v) is 15.2. The normalized spacial score (nSPS) is 14.5. The number of carboxylic acid groups (broad SMARTS) is 2. The Hall–Kier alpha value is -6.39. The molecule has 0 spiro atoms. The number of nitrogens with zero attached hydrogens (tertiary/aromatic N) is 4. The molecule has 2 saturated heterocycles. The van der Waals surface area contributed by atoms with Crippen LogP contribution in [0, 0.1) is 13.8 Å². The molecule has 4 heterocycles. The summed E-state index contributed by atoms with van der Waals surface area (Å²) in [4.78, 5) is 55.5. The fourth-order valence-electron chi connectivity index (χ4n) is 7.54. The maximum atomic E-state index is 12.8. The monoisotopic (exact) mass is 880 g/mol. The lowest BCUT2D eigenvalue weighted by Gasteiger charge is -2.37. The first-order valence-electron chi connectivity index (χ1n) is 18.9. The van der Waals surface area contributed by atoms with Crippen molar-refractivity contribution in [3.8, 4) is 5.75 Å². The fourth-order valence-corrected chi connectivity index (χ4v) is 8.07. The molecule has 0 radical (unpaired) electrons. The van der Waals surface area contributed by atoms with Gasteiger partial charge >= 0.3 is 18.3 Å². The van der Waals surface area contributed by atoms with Crippen LogP contribution in [0.3, 0.4) is 0 Å². The van der Waals surface area contributed by atoms with Gasteiger partial charge in [-0.05, 0) is 97.8 Å². The molecule has 0 atom stereocenters. The predicted molar refractivity (Wildman–Crippen MR) is 222 cm³/mol. The van der Waals surface area contributed by atoms with E-state index in [1.54, 1.807) is 46.2 Å². The Kier molecular flexibility index (Phi) is 12.1. The molecule has 318 valence electrons. The summed E-state index contributed by atoms with van der Waals surface area (Å²) in [6, 6.07) is 20.2. The van der Waals surface area contributed by atoms with Gasteiger partial charge in [-0.25, -0.2) is 9.59 Å². The minimum atomic E-state index is -4.83. The summed E-state index contributed by atoms with van der Waals surface area (Å²) >= 11 is 12.0. The first kappa shape index (κ1) is 42.7. The molecule has 2 aromatic heterocycles. The molecule has 0 aliphatic carbocycles. The number of hydrogen-bond acceptors (Lipinski definition) is 9. The number of aryl methyl sites for hydroxylation is 2. The number of carbonyl (C=O) groups excluding carboxylic acids is 2. The molecular formula is C43H37Cl2F3N4O9. The average Bonchev–Trinajstić information content (AvgIpc) is 3.87. The molecule has 4 aromatic carbocycles. The van der Waals surface area contributed by atoms with Gasteiger partial charge in [0.05, 0.1) is 0 Å². The highest BCUT2D eigenvalue weighted by Crippen LogP contribution is 2.33. The molecular weight excluding hydrogens is 844 g/mol. The minimum Gasteiger partial charge on any atom is -0.475 e. The van der Waals surface area contributed by atoms with E-state index in [0.717, 1.165) is 40.0 Å². The molecule has 0 bridgehead atoms.